The van der Waals surface area contributed by atoms with Crippen LogP contribution in [0.25, 0.3) is 0 Å². The van der Waals surface area contributed by atoms with Crippen LogP contribution < -0.4 is 11.1 Å². The van der Waals surface area contributed by atoms with Gasteiger partial charge in [-0.2, -0.15) is 0 Å². The van der Waals surface area contributed by atoms with Gasteiger partial charge in [0.25, 0.3) is 0 Å². The average Bonchev–Trinajstić information content (AvgIpc) is 2.25. The molecule has 17 heavy (non-hydrogen) atoms. The summed E-state index contributed by atoms with van der Waals surface area (Å²) < 4.78 is 5.62. The third-order valence-corrected chi connectivity index (χ3v) is 3.60. The van der Waals surface area contributed by atoms with Crippen molar-refractivity contribution < 1.29 is 9.53 Å². The van der Waals surface area contributed by atoms with Crippen LogP contribution in [0.5, 0.6) is 0 Å². The van der Waals surface area contributed by atoms with Gasteiger partial charge in [0, 0.05) is 12.6 Å². The summed E-state index contributed by atoms with van der Waals surface area (Å²) in [6, 6.07) is -0.202. The molecule has 0 bridgehead atoms. The van der Waals surface area contributed by atoms with Gasteiger partial charge < -0.3 is 15.8 Å². The van der Waals surface area contributed by atoms with Crippen LogP contribution >= 0.6 is 0 Å². The second-order valence-electron chi connectivity index (χ2n) is 5.72. The van der Waals surface area contributed by atoms with Crippen LogP contribution in [0.1, 0.15) is 47.0 Å². The number of nitrogens with two attached hydrogens (primary N) is 1. The van der Waals surface area contributed by atoms with Gasteiger partial charge in [-0.1, -0.05) is 20.3 Å². The first-order chi connectivity index (χ1) is 7.85. The highest BCUT2D eigenvalue weighted by Gasteiger charge is 2.31. The topological polar surface area (TPSA) is 64.4 Å². The minimum absolute atomic E-state index is 0.0259. The Balaban J connectivity index is 2.46. The first-order valence-electron chi connectivity index (χ1n) is 6.55. The summed E-state index contributed by atoms with van der Waals surface area (Å²) in [5.74, 6) is 0.199. The number of amides is 1. The lowest BCUT2D eigenvalue weighted by Gasteiger charge is -2.36. The maximum absolute atomic E-state index is 11.9. The van der Waals surface area contributed by atoms with Gasteiger partial charge in [0.15, 0.2) is 0 Å². The molecule has 1 aliphatic rings. The predicted octanol–water partition coefficient (Wildman–Crippen LogP) is 1.43. The summed E-state index contributed by atoms with van der Waals surface area (Å²) >= 11 is 0. The highest BCUT2D eigenvalue weighted by atomic mass is 16.5. The molecule has 3 N–H and O–H groups in total. The number of nitrogens with one attached hydrogen (secondary N) is 1. The van der Waals surface area contributed by atoms with Crippen LogP contribution in [0.15, 0.2) is 0 Å². The van der Waals surface area contributed by atoms with Crippen molar-refractivity contribution in [1.82, 2.24) is 5.32 Å². The van der Waals surface area contributed by atoms with Crippen molar-refractivity contribution in [3.8, 4) is 0 Å². The fourth-order valence-corrected chi connectivity index (χ4v) is 2.16. The van der Waals surface area contributed by atoms with Crippen LogP contribution in [0.4, 0.5) is 0 Å². The highest BCUT2D eigenvalue weighted by molar-refractivity contribution is 5.82. The van der Waals surface area contributed by atoms with Crippen LogP contribution in [0.2, 0.25) is 0 Å². The Morgan fingerprint density at radius 2 is 2.24 bits per heavy atom. The van der Waals surface area contributed by atoms with Gasteiger partial charge in [-0.3, -0.25) is 4.79 Å². The molecule has 100 valence electrons. The van der Waals surface area contributed by atoms with Crippen molar-refractivity contribution in [3.05, 3.63) is 0 Å². The van der Waals surface area contributed by atoms with Crippen molar-refractivity contribution in [2.24, 2.45) is 11.7 Å². The monoisotopic (exact) mass is 242 g/mol. The standard InChI is InChI=1S/C13H26N2O2/c1-5-9(2)11(14)12(16)15-10-6-7-17-13(3,4)8-10/h9-11H,5-8,14H2,1-4H3,(H,15,16)/t9-,10?,11-/m0/s1. The summed E-state index contributed by atoms with van der Waals surface area (Å²) in [5.41, 5.74) is 5.77. The van der Waals surface area contributed by atoms with E-state index in [0.717, 1.165) is 19.3 Å². The van der Waals surface area contributed by atoms with E-state index in [9.17, 15) is 4.79 Å². The normalized spacial score (nSPS) is 27.2. The summed E-state index contributed by atoms with van der Waals surface area (Å²) in [5, 5.41) is 3.05. The van der Waals surface area contributed by atoms with Crippen LogP contribution in [-0.4, -0.2) is 30.2 Å². The molecule has 1 heterocycles. The van der Waals surface area contributed by atoms with Gasteiger partial charge in [-0.05, 0) is 32.6 Å². The molecule has 0 aliphatic carbocycles. The highest BCUT2D eigenvalue weighted by Crippen LogP contribution is 2.24. The number of carbonyl (C=O) groups is 1. The van der Waals surface area contributed by atoms with Crippen LogP contribution in [0, 0.1) is 5.92 Å². The van der Waals surface area contributed by atoms with Crippen molar-refractivity contribution in [2.75, 3.05) is 6.61 Å². The zero-order chi connectivity index (χ0) is 13.1. The van der Waals surface area contributed by atoms with Gasteiger partial charge in [-0.25, -0.2) is 0 Å². The SMILES string of the molecule is CC[C@H](C)[C@H](N)C(=O)NC1CCOC(C)(C)C1. The predicted molar refractivity (Wildman–Crippen MR) is 68.6 cm³/mol. The van der Waals surface area contributed by atoms with E-state index in [1.165, 1.54) is 0 Å². The number of rotatable bonds is 4. The summed E-state index contributed by atoms with van der Waals surface area (Å²) in [6.07, 6.45) is 2.65. The fraction of sp³-hybridized carbons (Fsp3) is 0.923. The second kappa shape index (κ2) is 5.83. The third kappa shape index (κ3) is 4.28. The molecular weight excluding hydrogens is 216 g/mol. The molecule has 1 saturated heterocycles. The van der Waals surface area contributed by atoms with Gasteiger partial charge in [0.1, 0.15) is 0 Å². The molecule has 4 heteroatoms. The van der Waals surface area contributed by atoms with E-state index in [4.69, 9.17) is 10.5 Å². The molecule has 0 spiro atoms. The first kappa shape index (κ1) is 14.5. The van der Waals surface area contributed by atoms with Crippen LogP contribution in [-0.2, 0) is 9.53 Å². The minimum atomic E-state index is -0.397. The van der Waals surface area contributed by atoms with Crippen molar-refractivity contribution in [3.63, 3.8) is 0 Å². The van der Waals surface area contributed by atoms with E-state index in [1.807, 2.05) is 6.92 Å². The second-order valence-corrected chi connectivity index (χ2v) is 5.72. The smallest absolute Gasteiger partial charge is 0.237 e. The Morgan fingerprint density at radius 3 is 2.76 bits per heavy atom. The van der Waals surface area contributed by atoms with E-state index < -0.39 is 6.04 Å². The molecule has 1 unspecified atom stereocenters. The molecule has 0 aromatic rings. The minimum Gasteiger partial charge on any atom is -0.375 e. The van der Waals surface area contributed by atoms with E-state index in [2.05, 4.69) is 26.1 Å². The number of carbonyl (C=O) groups excluding carboxylic acids is 1. The van der Waals surface area contributed by atoms with Crippen molar-refractivity contribution >= 4 is 5.91 Å². The fourth-order valence-electron chi connectivity index (χ4n) is 2.16. The van der Waals surface area contributed by atoms with E-state index in [1.54, 1.807) is 0 Å². The average molecular weight is 242 g/mol. The molecule has 1 fully saturated rings. The third-order valence-electron chi connectivity index (χ3n) is 3.60. The molecule has 1 aliphatic heterocycles. The lowest BCUT2D eigenvalue weighted by Crippen LogP contribution is -2.52. The largest absolute Gasteiger partial charge is 0.375 e. The van der Waals surface area contributed by atoms with Gasteiger partial charge in [0.05, 0.1) is 11.6 Å². The lowest BCUT2D eigenvalue weighted by molar-refractivity contribution is -0.126. The van der Waals surface area contributed by atoms with Crippen molar-refractivity contribution in [1.29, 1.82) is 0 Å². The summed E-state index contributed by atoms with van der Waals surface area (Å²) in [6.45, 7) is 8.88. The quantitative estimate of drug-likeness (QED) is 0.784. The van der Waals surface area contributed by atoms with Gasteiger partial charge in [0.2, 0.25) is 5.91 Å². The Labute approximate surface area is 104 Å². The Bertz CT molecular complexity index is 266. The number of hydrogen-bond donors (Lipinski definition) is 2. The first-order valence-corrected chi connectivity index (χ1v) is 6.55. The van der Waals surface area contributed by atoms with E-state index >= 15 is 0 Å². The molecule has 0 radical (unpaired) electrons. The molecule has 4 nitrogen and oxygen atoms in total. The summed E-state index contributed by atoms with van der Waals surface area (Å²) in [7, 11) is 0. The lowest BCUT2D eigenvalue weighted by atomic mass is 9.93. The number of ether oxygens (including phenoxy) is 1. The summed E-state index contributed by atoms with van der Waals surface area (Å²) in [4.78, 5) is 11.9. The maximum Gasteiger partial charge on any atom is 0.237 e. The van der Waals surface area contributed by atoms with Crippen LogP contribution in [0.3, 0.4) is 0 Å². The molecule has 0 aromatic heterocycles. The zero-order valence-electron chi connectivity index (χ0n) is 11.5. The molecule has 3 atom stereocenters. The zero-order valence-corrected chi connectivity index (χ0v) is 11.5. The molecular formula is C13H26N2O2. The molecule has 0 saturated carbocycles. The Morgan fingerprint density at radius 1 is 1.59 bits per heavy atom. The van der Waals surface area contributed by atoms with Gasteiger partial charge >= 0.3 is 0 Å². The number of hydrogen-bond acceptors (Lipinski definition) is 3. The van der Waals surface area contributed by atoms with Gasteiger partial charge in [-0.15, -0.1) is 0 Å². The molecule has 1 amide bonds. The van der Waals surface area contributed by atoms with Crippen molar-refractivity contribution in [2.45, 2.75) is 64.6 Å². The molecule has 1 rings (SSSR count). The van der Waals surface area contributed by atoms with E-state index in [-0.39, 0.29) is 23.5 Å². The Kier molecular flexibility index (Phi) is 4.95. The Hall–Kier alpha value is -0.610. The maximum atomic E-state index is 11.9. The molecule has 0 aromatic carbocycles. The van der Waals surface area contributed by atoms with E-state index in [0.29, 0.717) is 6.61 Å².